The van der Waals surface area contributed by atoms with Gasteiger partial charge in [-0.15, -0.1) is 0 Å². The van der Waals surface area contributed by atoms with Gasteiger partial charge >= 0.3 is 12.1 Å². The summed E-state index contributed by atoms with van der Waals surface area (Å²) in [6.07, 6.45) is -4.88. The summed E-state index contributed by atoms with van der Waals surface area (Å²) in [5.41, 5.74) is 2.29. The van der Waals surface area contributed by atoms with E-state index in [1.807, 2.05) is 13.0 Å². The molecule has 2 aromatic carbocycles. The molecule has 2 aromatic rings. The summed E-state index contributed by atoms with van der Waals surface area (Å²) >= 11 is 6.37. The number of carbonyl (C=O) groups excluding carboxylic acids is 2. The predicted octanol–water partition coefficient (Wildman–Crippen LogP) is 4.12. The maximum Gasteiger partial charge on any atom is 0.471 e. The second-order valence-electron chi connectivity index (χ2n) is 7.05. The second-order valence-corrected chi connectivity index (χ2v) is 7.46. The van der Waals surface area contributed by atoms with E-state index in [1.165, 1.54) is 7.11 Å². The Bertz CT molecular complexity index is 990. The molecule has 0 bridgehead atoms. The molecule has 1 N–H and O–H groups in total. The van der Waals surface area contributed by atoms with Crippen LogP contribution < -0.4 is 15.0 Å². The molecule has 6 nitrogen and oxygen atoms in total. The van der Waals surface area contributed by atoms with E-state index in [0.717, 1.165) is 10.5 Å². The first-order chi connectivity index (χ1) is 14.6. The van der Waals surface area contributed by atoms with Crippen LogP contribution in [-0.2, 0) is 4.79 Å². The van der Waals surface area contributed by atoms with Gasteiger partial charge in [0.25, 0.3) is 5.91 Å². The molecule has 1 heterocycles. The number of rotatable bonds is 4. The van der Waals surface area contributed by atoms with Gasteiger partial charge in [0.1, 0.15) is 5.75 Å². The zero-order valence-corrected chi connectivity index (χ0v) is 17.7. The van der Waals surface area contributed by atoms with Crippen molar-refractivity contribution in [2.75, 3.05) is 43.5 Å². The molecule has 0 atom stereocenters. The van der Waals surface area contributed by atoms with Crippen molar-refractivity contribution in [3.05, 3.63) is 52.5 Å². The third-order valence-electron chi connectivity index (χ3n) is 5.02. The molecule has 0 aliphatic carbocycles. The van der Waals surface area contributed by atoms with Crippen molar-refractivity contribution in [1.29, 1.82) is 0 Å². The second kappa shape index (κ2) is 9.05. The van der Waals surface area contributed by atoms with E-state index in [4.69, 9.17) is 16.3 Å². The molecule has 0 radical (unpaired) electrons. The number of alkyl halides is 3. The number of benzene rings is 2. The molecule has 1 saturated heterocycles. The van der Waals surface area contributed by atoms with Crippen LogP contribution in [0.3, 0.4) is 0 Å². The molecular formula is C21H21ClF3N3O3. The molecule has 31 heavy (non-hydrogen) atoms. The Balaban J connectivity index is 1.68. The van der Waals surface area contributed by atoms with Crippen LogP contribution in [0.5, 0.6) is 5.75 Å². The molecular weight excluding hydrogens is 435 g/mol. The number of amides is 2. The first-order valence-electron chi connectivity index (χ1n) is 9.47. The van der Waals surface area contributed by atoms with Crippen LogP contribution in [0.1, 0.15) is 15.9 Å². The van der Waals surface area contributed by atoms with E-state index in [0.29, 0.717) is 27.7 Å². The highest BCUT2D eigenvalue weighted by Crippen LogP contribution is 2.31. The number of piperazine rings is 1. The van der Waals surface area contributed by atoms with Crippen molar-refractivity contribution in [3.63, 3.8) is 0 Å². The summed E-state index contributed by atoms with van der Waals surface area (Å²) in [5.74, 6) is -1.71. The zero-order valence-electron chi connectivity index (χ0n) is 16.9. The van der Waals surface area contributed by atoms with E-state index in [-0.39, 0.29) is 32.1 Å². The lowest BCUT2D eigenvalue weighted by atomic mass is 10.1. The molecule has 0 unspecified atom stereocenters. The number of ether oxygens (including phenoxy) is 1. The van der Waals surface area contributed by atoms with Gasteiger partial charge in [-0.3, -0.25) is 9.59 Å². The Morgan fingerprint density at radius 2 is 1.77 bits per heavy atom. The smallest absolute Gasteiger partial charge is 0.471 e. The monoisotopic (exact) mass is 455 g/mol. The lowest BCUT2D eigenvalue weighted by Crippen LogP contribution is -2.52. The molecule has 1 aliphatic rings. The number of anilines is 2. The van der Waals surface area contributed by atoms with E-state index < -0.39 is 12.1 Å². The average molecular weight is 456 g/mol. The Morgan fingerprint density at radius 1 is 1.10 bits per heavy atom. The van der Waals surface area contributed by atoms with Crippen molar-refractivity contribution in [2.24, 2.45) is 0 Å². The van der Waals surface area contributed by atoms with Crippen LogP contribution in [0.15, 0.2) is 36.4 Å². The van der Waals surface area contributed by atoms with E-state index >= 15 is 0 Å². The van der Waals surface area contributed by atoms with Gasteiger partial charge in [-0.2, -0.15) is 13.2 Å². The van der Waals surface area contributed by atoms with Crippen LogP contribution in [0.4, 0.5) is 24.5 Å². The number of nitrogens with zero attached hydrogens (tertiary/aromatic N) is 2. The maximum atomic E-state index is 12.7. The first-order valence-corrected chi connectivity index (χ1v) is 9.85. The van der Waals surface area contributed by atoms with Crippen molar-refractivity contribution in [1.82, 2.24) is 4.90 Å². The Kier molecular flexibility index (Phi) is 6.64. The number of nitrogens with one attached hydrogen (secondary N) is 1. The van der Waals surface area contributed by atoms with E-state index in [9.17, 15) is 22.8 Å². The SMILES string of the molecule is COc1c(C)cccc1C(=O)Nc1ccc(N2CCN(C(=O)C(F)(F)F)CC2)c(Cl)c1. The van der Waals surface area contributed by atoms with Gasteiger partial charge in [0, 0.05) is 31.9 Å². The topological polar surface area (TPSA) is 61.9 Å². The fourth-order valence-corrected chi connectivity index (χ4v) is 3.77. The molecule has 166 valence electrons. The number of para-hydroxylation sites is 1. The minimum absolute atomic E-state index is 0.0552. The highest BCUT2D eigenvalue weighted by molar-refractivity contribution is 6.33. The quantitative estimate of drug-likeness (QED) is 0.753. The summed E-state index contributed by atoms with van der Waals surface area (Å²) in [6, 6.07) is 10.2. The zero-order chi connectivity index (χ0) is 22.8. The molecule has 0 spiro atoms. The number of hydrogen-bond acceptors (Lipinski definition) is 4. The summed E-state index contributed by atoms with van der Waals surface area (Å²) in [7, 11) is 1.49. The first kappa shape index (κ1) is 22.7. The number of halogens is 4. The molecule has 0 aromatic heterocycles. The fraction of sp³-hybridized carbons (Fsp3) is 0.333. The number of methoxy groups -OCH3 is 1. The minimum Gasteiger partial charge on any atom is -0.496 e. The van der Waals surface area contributed by atoms with Gasteiger partial charge in [-0.25, -0.2) is 0 Å². The van der Waals surface area contributed by atoms with Gasteiger partial charge in [-0.05, 0) is 36.8 Å². The van der Waals surface area contributed by atoms with Crippen LogP contribution in [-0.4, -0.2) is 56.2 Å². The van der Waals surface area contributed by atoms with Crippen molar-refractivity contribution in [2.45, 2.75) is 13.1 Å². The van der Waals surface area contributed by atoms with Gasteiger partial charge < -0.3 is 19.9 Å². The highest BCUT2D eigenvalue weighted by Gasteiger charge is 2.43. The summed E-state index contributed by atoms with van der Waals surface area (Å²) in [5, 5.41) is 3.11. The molecule has 1 aliphatic heterocycles. The third kappa shape index (κ3) is 5.04. The van der Waals surface area contributed by atoms with Gasteiger partial charge in [-0.1, -0.05) is 23.7 Å². The average Bonchev–Trinajstić information content (AvgIpc) is 2.72. The Morgan fingerprint density at radius 3 is 2.35 bits per heavy atom. The predicted molar refractivity (Wildman–Crippen MR) is 112 cm³/mol. The minimum atomic E-state index is -4.88. The van der Waals surface area contributed by atoms with Crippen molar-refractivity contribution >= 4 is 34.8 Å². The Hall–Kier alpha value is -2.94. The number of aryl methyl sites for hydroxylation is 1. The van der Waals surface area contributed by atoms with E-state index in [1.54, 1.807) is 35.2 Å². The van der Waals surface area contributed by atoms with Crippen molar-refractivity contribution in [3.8, 4) is 5.75 Å². The van der Waals surface area contributed by atoms with Crippen molar-refractivity contribution < 1.29 is 27.5 Å². The third-order valence-corrected chi connectivity index (χ3v) is 5.32. The van der Waals surface area contributed by atoms with Crippen LogP contribution >= 0.6 is 11.6 Å². The lowest BCUT2D eigenvalue weighted by Gasteiger charge is -2.36. The molecule has 0 saturated carbocycles. The van der Waals surface area contributed by atoms with Crippen LogP contribution in [0.2, 0.25) is 5.02 Å². The summed E-state index contributed by atoms with van der Waals surface area (Å²) in [4.78, 5) is 26.6. The number of carbonyl (C=O) groups is 2. The summed E-state index contributed by atoms with van der Waals surface area (Å²) in [6.45, 7) is 2.16. The normalized spacial score (nSPS) is 14.4. The molecule has 2 amide bonds. The Labute approximate surface area is 182 Å². The van der Waals surface area contributed by atoms with Gasteiger partial charge in [0.2, 0.25) is 0 Å². The highest BCUT2D eigenvalue weighted by atomic mass is 35.5. The van der Waals surface area contributed by atoms with Gasteiger partial charge in [0.05, 0.1) is 23.4 Å². The fourth-order valence-electron chi connectivity index (χ4n) is 3.47. The molecule has 10 heteroatoms. The van der Waals surface area contributed by atoms with E-state index in [2.05, 4.69) is 5.32 Å². The van der Waals surface area contributed by atoms with Crippen LogP contribution in [0.25, 0.3) is 0 Å². The lowest BCUT2D eigenvalue weighted by molar-refractivity contribution is -0.185. The molecule has 1 fully saturated rings. The van der Waals surface area contributed by atoms with Gasteiger partial charge in [0.15, 0.2) is 0 Å². The largest absolute Gasteiger partial charge is 0.496 e. The standard InChI is InChI=1S/C21H21ClF3N3O3/c1-13-4-3-5-15(18(13)31-2)19(29)26-14-6-7-17(16(22)12-14)27-8-10-28(11-9-27)20(30)21(23,24)25/h3-7,12H,8-11H2,1-2H3,(H,26,29). The molecule has 3 rings (SSSR count). The maximum absolute atomic E-state index is 12.7. The summed E-state index contributed by atoms with van der Waals surface area (Å²) < 4.78 is 43.1. The van der Waals surface area contributed by atoms with Crippen LogP contribution in [0, 0.1) is 6.92 Å². The number of hydrogen-bond donors (Lipinski definition) is 1.